The van der Waals surface area contributed by atoms with Gasteiger partial charge in [-0.15, -0.1) is 0 Å². The van der Waals surface area contributed by atoms with Gasteiger partial charge in [-0.05, 0) is 24.6 Å². The van der Waals surface area contributed by atoms with E-state index in [1.807, 2.05) is 30.0 Å². The number of H-pyrrole nitrogens is 1. The van der Waals surface area contributed by atoms with E-state index in [-0.39, 0.29) is 18.2 Å². The molecule has 0 bridgehead atoms. The van der Waals surface area contributed by atoms with Crippen LogP contribution >= 0.6 is 0 Å². The van der Waals surface area contributed by atoms with Gasteiger partial charge in [0.05, 0.1) is 32.3 Å². The minimum atomic E-state index is -0.254. The summed E-state index contributed by atoms with van der Waals surface area (Å²) in [5.41, 5.74) is 3.09. The molecule has 1 amide bonds. The van der Waals surface area contributed by atoms with E-state index in [0.717, 1.165) is 36.6 Å². The van der Waals surface area contributed by atoms with Gasteiger partial charge in [-0.3, -0.25) is 9.80 Å². The Morgan fingerprint density at radius 3 is 2.74 bits per heavy atom. The average molecular weight is 372 g/mol. The first-order chi connectivity index (χ1) is 13.1. The van der Waals surface area contributed by atoms with Crippen LogP contribution in [0.15, 0.2) is 24.5 Å². The second-order valence-corrected chi connectivity index (χ2v) is 6.98. The van der Waals surface area contributed by atoms with Crippen LogP contribution in [0.3, 0.4) is 0 Å². The Labute approximate surface area is 158 Å². The van der Waals surface area contributed by atoms with Crippen molar-refractivity contribution >= 4 is 6.09 Å². The number of carbonyl (C=O) groups excluding carboxylic acids is 1. The van der Waals surface area contributed by atoms with Crippen molar-refractivity contribution in [3.8, 4) is 11.5 Å². The van der Waals surface area contributed by atoms with Gasteiger partial charge in [-0.25, -0.2) is 9.78 Å². The number of rotatable bonds is 6. The van der Waals surface area contributed by atoms with Crippen LogP contribution in [0, 0.1) is 6.92 Å². The number of fused-ring (bicyclic) bond motifs is 1. The minimum absolute atomic E-state index is 0.0462. The lowest BCUT2D eigenvalue weighted by atomic mass is 10.1. The normalized spacial score (nSPS) is 22.0. The van der Waals surface area contributed by atoms with E-state index in [1.54, 1.807) is 20.5 Å². The number of carbonyl (C=O) groups is 1. The molecule has 0 unspecified atom stereocenters. The van der Waals surface area contributed by atoms with Crippen LogP contribution in [-0.2, 0) is 17.8 Å². The van der Waals surface area contributed by atoms with E-state index < -0.39 is 0 Å². The summed E-state index contributed by atoms with van der Waals surface area (Å²) in [4.78, 5) is 23.9. The van der Waals surface area contributed by atoms with Gasteiger partial charge < -0.3 is 19.2 Å². The highest BCUT2D eigenvalue weighted by atomic mass is 16.6. The molecule has 8 heteroatoms. The van der Waals surface area contributed by atoms with Gasteiger partial charge in [-0.2, -0.15) is 0 Å². The van der Waals surface area contributed by atoms with E-state index in [0.29, 0.717) is 18.0 Å². The van der Waals surface area contributed by atoms with Crippen LogP contribution in [0.5, 0.6) is 11.5 Å². The molecule has 144 valence electrons. The third kappa shape index (κ3) is 3.32. The number of likely N-dealkylation sites (tertiary alicyclic amines) is 1. The summed E-state index contributed by atoms with van der Waals surface area (Å²) in [6.45, 7) is 4.75. The molecule has 27 heavy (non-hydrogen) atoms. The summed E-state index contributed by atoms with van der Waals surface area (Å²) in [6.07, 6.45) is 1.36. The molecule has 2 fully saturated rings. The zero-order chi connectivity index (χ0) is 19.0. The van der Waals surface area contributed by atoms with E-state index >= 15 is 0 Å². The van der Waals surface area contributed by atoms with Crippen molar-refractivity contribution in [1.82, 2.24) is 19.8 Å². The molecule has 0 saturated carbocycles. The van der Waals surface area contributed by atoms with E-state index in [1.165, 1.54) is 0 Å². The van der Waals surface area contributed by atoms with Crippen LogP contribution in [-0.4, -0.2) is 65.3 Å². The summed E-state index contributed by atoms with van der Waals surface area (Å²) >= 11 is 0. The van der Waals surface area contributed by atoms with E-state index in [2.05, 4.69) is 14.9 Å². The summed E-state index contributed by atoms with van der Waals surface area (Å²) in [5.74, 6) is 1.32. The first-order valence-electron chi connectivity index (χ1n) is 8.98. The number of aromatic nitrogens is 2. The maximum atomic E-state index is 12.4. The molecule has 4 rings (SSSR count). The highest BCUT2D eigenvalue weighted by Crippen LogP contribution is 2.32. The largest absolute Gasteiger partial charge is 0.493 e. The maximum absolute atomic E-state index is 12.4. The first kappa shape index (κ1) is 17.7. The van der Waals surface area contributed by atoms with Crippen molar-refractivity contribution in [3.63, 3.8) is 0 Å². The number of imidazole rings is 1. The molecular weight excluding hydrogens is 348 g/mol. The van der Waals surface area contributed by atoms with E-state index in [9.17, 15) is 4.79 Å². The fourth-order valence-corrected chi connectivity index (χ4v) is 3.83. The summed E-state index contributed by atoms with van der Waals surface area (Å²) in [6, 6.07) is 5.75. The van der Waals surface area contributed by atoms with Gasteiger partial charge in [0, 0.05) is 31.9 Å². The van der Waals surface area contributed by atoms with Crippen molar-refractivity contribution in [2.45, 2.75) is 32.2 Å². The quantitative estimate of drug-likeness (QED) is 0.835. The molecule has 2 saturated heterocycles. The van der Waals surface area contributed by atoms with Crippen molar-refractivity contribution in [3.05, 3.63) is 41.5 Å². The molecule has 2 aliphatic heterocycles. The summed E-state index contributed by atoms with van der Waals surface area (Å²) in [7, 11) is 3.21. The third-order valence-electron chi connectivity index (χ3n) is 5.31. The predicted molar refractivity (Wildman–Crippen MR) is 97.7 cm³/mol. The minimum Gasteiger partial charge on any atom is -0.493 e. The number of nitrogens with one attached hydrogen (secondary N) is 1. The highest BCUT2D eigenvalue weighted by molar-refractivity contribution is 5.71. The van der Waals surface area contributed by atoms with Crippen molar-refractivity contribution < 1.29 is 19.0 Å². The fourth-order valence-electron chi connectivity index (χ4n) is 3.83. The van der Waals surface area contributed by atoms with Gasteiger partial charge >= 0.3 is 6.09 Å². The second-order valence-electron chi connectivity index (χ2n) is 6.98. The number of amides is 1. The molecule has 2 atom stereocenters. The average Bonchev–Trinajstić information content (AvgIpc) is 3.32. The van der Waals surface area contributed by atoms with Crippen LogP contribution < -0.4 is 9.47 Å². The number of hydrogen-bond donors (Lipinski definition) is 1. The number of benzene rings is 1. The molecule has 1 N–H and O–H groups in total. The monoisotopic (exact) mass is 372 g/mol. The van der Waals surface area contributed by atoms with Gasteiger partial charge in [0.15, 0.2) is 11.5 Å². The molecule has 2 aliphatic rings. The molecule has 2 aromatic rings. The van der Waals surface area contributed by atoms with Gasteiger partial charge in [0.1, 0.15) is 6.10 Å². The van der Waals surface area contributed by atoms with Gasteiger partial charge in [-0.1, -0.05) is 6.07 Å². The molecule has 0 radical (unpaired) electrons. The van der Waals surface area contributed by atoms with Crippen molar-refractivity contribution in [1.29, 1.82) is 0 Å². The smallest absolute Gasteiger partial charge is 0.410 e. The zero-order valence-electron chi connectivity index (χ0n) is 15.8. The molecular formula is C19H24N4O4. The lowest BCUT2D eigenvalue weighted by Crippen LogP contribution is -2.37. The molecule has 3 heterocycles. The maximum Gasteiger partial charge on any atom is 0.410 e. The number of aryl methyl sites for hydroxylation is 1. The number of nitrogens with zero attached hydrogens (tertiary/aromatic N) is 3. The SMILES string of the molecule is COc1ccc(CN2C(=O)O[C@H]3CN(Cc4nc[nH]c4C)C[C@H]32)cc1OC. The van der Waals surface area contributed by atoms with Crippen molar-refractivity contribution in [2.75, 3.05) is 27.3 Å². The number of methoxy groups -OCH3 is 2. The fraction of sp³-hybridized carbons (Fsp3) is 0.474. The highest BCUT2D eigenvalue weighted by Gasteiger charge is 2.47. The Hall–Kier alpha value is -2.74. The molecule has 1 aromatic carbocycles. The zero-order valence-corrected chi connectivity index (χ0v) is 15.8. The van der Waals surface area contributed by atoms with Crippen LogP contribution in [0.2, 0.25) is 0 Å². The molecule has 1 aromatic heterocycles. The Kier molecular flexibility index (Phi) is 4.65. The van der Waals surface area contributed by atoms with Gasteiger partial charge in [0.25, 0.3) is 0 Å². The topological polar surface area (TPSA) is 79.9 Å². The summed E-state index contributed by atoms with van der Waals surface area (Å²) in [5, 5.41) is 0. The molecule has 0 aliphatic carbocycles. The number of ether oxygens (including phenoxy) is 3. The van der Waals surface area contributed by atoms with Crippen LogP contribution in [0.4, 0.5) is 4.79 Å². The standard InChI is InChI=1S/C19H24N4O4/c1-12-14(21-11-20-12)8-22-9-15-18(10-22)27-19(24)23(15)7-13-4-5-16(25-2)17(6-13)26-3/h4-6,11,15,18H,7-10H2,1-3H3,(H,20,21)/t15-,18+/m1/s1. The third-order valence-corrected chi connectivity index (χ3v) is 5.31. The summed E-state index contributed by atoms with van der Waals surface area (Å²) < 4.78 is 16.3. The lowest BCUT2D eigenvalue weighted by molar-refractivity contribution is 0.119. The Balaban J connectivity index is 1.46. The Bertz CT molecular complexity index is 837. The number of aromatic amines is 1. The Morgan fingerprint density at radius 2 is 2.04 bits per heavy atom. The Morgan fingerprint density at radius 1 is 1.22 bits per heavy atom. The van der Waals surface area contributed by atoms with Crippen LogP contribution in [0.1, 0.15) is 17.0 Å². The first-order valence-corrected chi connectivity index (χ1v) is 8.98. The lowest BCUT2D eigenvalue weighted by Gasteiger charge is -2.22. The molecule has 0 spiro atoms. The van der Waals surface area contributed by atoms with Crippen LogP contribution in [0.25, 0.3) is 0 Å². The molecule has 8 nitrogen and oxygen atoms in total. The van der Waals surface area contributed by atoms with Gasteiger partial charge in [0.2, 0.25) is 0 Å². The predicted octanol–water partition coefficient (Wildman–Crippen LogP) is 1.94. The number of hydrogen-bond acceptors (Lipinski definition) is 6. The second kappa shape index (κ2) is 7.11. The van der Waals surface area contributed by atoms with E-state index in [4.69, 9.17) is 14.2 Å². The van der Waals surface area contributed by atoms with Crippen molar-refractivity contribution in [2.24, 2.45) is 0 Å².